The lowest BCUT2D eigenvalue weighted by atomic mass is 10.1. The van der Waals surface area contributed by atoms with Gasteiger partial charge < -0.3 is 10.5 Å². The Morgan fingerprint density at radius 3 is 2.57 bits per heavy atom. The molecule has 0 unspecified atom stereocenters. The summed E-state index contributed by atoms with van der Waals surface area (Å²) in [6, 6.07) is 3.37. The van der Waals surface area contributed by atoms with E-state index in [2.05, 4.69) is 14.4 Å². The number of anilines is 2. The molecule has 0 saturated carbocycles. The smallest absolute Gasteiger partial charge is 0.301 e. The van der Waals surface area contributed by atoms with E-state index in [4.69, 9.17) is 10.5 Å². The first-order valence-corrected chi connectivity index (χ1v) is 8.45. The molecule has 21 heavy (non-hydrogen) atoms. The molecule has 7 nitrogen and oxygen atoms in total. The van der Waals surface area contributed by atoms with E-state index in [1.807, 2.05) is 0 Å². The predicted octanol–water partition coefficient (Wildman–Crippen LogP) is 1.93. The Hall–Kier alpha value is -1.58. The van der Waals surface area contributed by atoms with Crippen LogP contribution in [-0.2, 0) is 10.2 Å². The number of thiazole rings is 1. The number of fused-ring (bicyclic) bond motifs is 1. The van der Waals surface area contributed by atoms with Crippen LogP contribution in [0.4, 0.5) is 10.8 Å². The van der Waals surface area contributed by atoms with Crippen molar-refractivity contribution in [1.82, 2.24) is 9.71 Å². The molecular weight excluding hydrogens is 312 g/mol. The van der Waals surface area contributed by atoms with Crippen molar-refractivity contribution in [3.63, 3.8) is 0 Å². The lowest BCUT2D eigenvalue weighted by Gasteiger charge is -2.19. The number of nitrogens with two attached hydrogens (primary N) is 1. The number of benzene rings is 1. The summed E-state index contributed by atoms with van der Waals surface area (Å²) >= 11 is 1.19. The first kappa shape index (κ1) is 15.8. The minimum Gasteiger partial charge on any atom is -0.494 e. The molecule has 0 saturated heterocycles. The van der Waals surface area contributed by atoms with Crippen LogP contribution in [0.25, 0.3) is 10.2 Å². The summed E-state index contributed by atoms with van der Waals surface area (Å²) in [4.78, 5) is 4.25. The van der Waals surface area contributed by atoms with Crippen LogP contribution in [0.2, 0.25) is 0 Å². The van der Waals surface area contributed by atoms with E-state index < -0.39 is 15.7 Å². The first-order chi connectivity index (χ1) is 9.59. The van der Waals surface area contributed by atoms with Crippen LogP contribution in [0.3, 0.4) is 0 Å². The molecule has 4 N–H and O–H groups in total. The normalized spacial score (nSPS) is 12.6. The second-order valence-electron chi connectivity index (χ2n) is 5.55. The van der Waals surface area contributed by atoms with Crippen LogP contribution in [-0.4, -0.2) is 26.1 Å². The summed E-state index contributed by atoms with van der Waals surface area (Å²) in [5.74, 6) is 0.510. The van der Waals surface area contributed by atoms with E-state index in [9.17, 15) is 8.42 Å². The Balaban J connectivity index is 2.36. The predicted molar refractivity (Wildman–Crippen MR) is 86.0 cm³/mol. The lowest BCUT2D eigenvalue weighted by molar-refractivity contribution is 0.419. The Kier molecular flexibility index (Phi) is 4.00. The molecule has 2 rings (SSSR count). The van der Waals surface area contributed by atoms with Gasteiger partial charge in [0, 0.05) is 17.3 Å². The molecule has 0 bridgehead atoms. The van der Waals surface area contributed by atoms with Crippen molar-refractivity contribution in [2.24, 2.45) is 0 Å². The molecule has 0 spiro atoms. The van der Waals surface area contributed by atoms with Crippen LogP contribution in [0.1, 0.15) is 20.8 Å². The van der Waals surface area contributed by atoms with E-state index in [0.717, 1.165) is 4.70 Å². The van der Waals surface area contributed by atoms with Crippen molar-refractivity contribution in [1.29, 1.82) is 0 Å². The fraction of sp³-hybridized carbons (Fsp3) is 0.417. The molecule has 9 heteroatoms. The number of nitrogen functional groups attached to an aromatic ring is 1. The fourth-order valence-electron chi connectivity index (χ4n) is 1.76. The van der Waals surface area contributed by atoms with Crippen molar-refractivity contribution in [3.05, 3.63) is 12.1 Å². The van der Waals surface area contributed by atoms with Crippen LogP contribution < -0.4 is 19.9 Å². The van der Waals surface area contributed by atoms with E-state index in [0.29, 0.717) is 17.0 Å². The average Bonchev–Trinajstić information content (AvgIpc) is 2.65. The Morgan fingerprint density at radius 2 is 2.00 bits per heavy atom. The zero-order valence-electron chi connectivity index (χ0n) is 12.2. The molecule has 0 aliphatic rings. The molecule has 0 aliphatic carbocycles. The third-order valence-corrected chi connectivity index (χ3v) is 4.75. The zero-order chi connectivity index (χ0) is 15.8. The Morgan fingerprint density at radius 1 is 1.33 bits per heavy atom. The third-order valence-electron chi connectivity index (χ3n) is 2.36. The number of methoxy groups -OCH3 is 1. The van der Waals surface area contributed by atoms with Crippen LogP contribution in [0.15, 0.2) is 12.1 Å². The van der Waals surface area contributed by atoms with Crippen LogP contribution >= 0.6 is 11.3 Å². The Bertz CT molecular complexity index is 763. The third kappa shape index (κ3) is 3.96. The number of nitrogens with one attached hydrogen (secondary N) is 2. The topological polar surface area (TPSA) is 106 Å². The summed E-state index contributed by atoms with van der Waals surface area (Å²) < 4.78 is 34.9. The van der Waals surface area contributed by atoms with Crippen molar-refractivity contribution >= 4 is 42.6 Å². The summed E-state index contributed by atoms with van der Waals surface area (Å²) in [5, 5.41) is 0.255. The number of hydrogen-bond acceptors (Lipinski definition) is 6. The van der Waals surface area contributed by atoms with Crippen molar-refractivity contribution < 1.29 is 13.2 Å². The van der Waals surface area contributed by atoms with Gasteiger partial charge in [-0.15, -0.1) is 0 Å². The summed E-state index contributed by atoms with van der Waals surface area (Å²) in [6.45, 7) is 5.27. The highest BCUT2D eigenvalue weighted by Gasteiger charge is 2.21. The van der Waals surface area contributed by atoms with Gasteiger partial charge in [0.15, 0.2) is 5.13 Å². The van der Waals surface area contributed by atoms with Crippen LogP contribution in [0, 0.1) is 0 Å². The largest absolute Gasteiger partial charge is 0.494 e. The molecule has 0 fully saturated rings. The second kappa shape index (κ2) is 5.32. The van der Waals surface area contributed by atoms with Gasteiger partial charge in [0.1, 0.15) is 11.3 Å². The maximum Gasteiger partial charge on any atom is 0.301 e. The number of hydrogen-bond donors (Lipinski definition) is 3. The Labute approximate surface area is 127 Å². The first-order valence-electron chi connectivity index (χ1n) is 6.15. The monoisotopic (exact) mass is 330 g/mol. The van der Waals surface area contributed by atoms with Crippen molar-refractivity contribution in [3.8, 4) is 5.75 Å². The average molecular weight is 330 g/mol. The quantitative estimate of drug-likeness (QED) is 0.743. The highest BCUT2D eigenvalue weighted by Crippen LogP contribution is 2.34. The van der Waals surface area contributed by atoms with Gasteiger partial charge in [-0.2, -0.15) is 13.1 Å². The van der Waals surface area contributed by atoms with Gasteiger partial charge in [-0.25, -0.2) is 9.71 Å². The van der Waals surface area contributed by atoms with Crippen molar-refractivity contribution in [2.45, 2.75) is 26.3 Å². The van der Waals surface area contributed by atoms with Gasteiger partial charge in [0.05, 0.1) is 11.8 Å². The maximum absolute atomic E-state index is 12.0. The molecule has 2 aromatic rings. The zero-order valence-corrected chi connectivity index (χ0v) is 13.9. The minimum absolute atomic E-state index is 0.255. The van der Waals surface area contributed by atoms with Gasteiger partial charge in [-0.1, -0.05) is 11.3 Å². The molecule has 1 aromatic heterocycles. The summed E-state index contributed by atoms with van der Waals surface area (Å²) in [6.07, 6.45) is 0. The van der Waals surface area contributed by atoms with E-state index in [1.54, 1.807) is 32.9 Å². The summed E-state index contributed by atoms with van der Waals surface area (Å²) in [7, 11) is -2.18. The molecular formula is C12H18N4O3S2. The van der Waals surface area contributed by atoms with E-state index in [-0.39, 0.29) is 5.13 Å². The number of aromatic nitrogens is 1. The van der Waals surface area contributed by atoms with E-state index >= 15 is 0 Å². The lowest BCUT2D eigenvalue weighted by Crippen LogP contribution is -2.43. The van der Waals surface area contributed by atoms with E-state index in [1.165, 1.54) is 18.4 Å². The van der Waals surface area contributed by atoms with Gasteiger partial charge in [0.25, 0.3) is 0 Å². The standard InChI is InChI=1S/C12H18N4O3S2/c1-12(2,3)16-21(17,18)15-11-14-10-8(19-4)5-7(13)6-9(10)20-11/h5-6,16H,13H2,1-4H3,(H,14,15). The number of nitrogens with zero attached hydrogens (tertiary/aromatic N) is 1. The molecule has 0 aliphatic heterocycles. The SMILES string of the molecule is COc1cc(N)cc2sc(NS(=O)(=O)NC(C)(C)C)nc12. The number of ether oxygens (including phenoxy) is 1. The van der Waals surface area contributed by atoms with Gasteiger partial charge >= 0.3 is 10.2 Å². The summed E-state index contributed by atoms with van der Waals surface area (Å²) in [5.41, 5.74) is 6.30. The van der Waals surface area contributed by atoms with Gasteiger partial charge in [-0.05, 0) is 26.8 Å². The van der Waals surface area contributed by atoms with Crippen LogP contribution in [0.5, 0.6) is 5.75 Å². The van der Waals surface area contributed by atoms with Crippen molar-refractivity contribution in [2.75, 3.05) is 17.6 Å². The minimum atomic E-state index is -3.69. The van der Waals surface area contributed by atoms with Gasteiger partial charge in [-0.3, -0.25) is 0 Å². The highest BCUT2D eigenvalue weighted by atomic mass is 32.2. The highest BCUT2D eigenvalue weighted by molar-refractivity contribution is 7.91. The fourth-order valence-corrected chi connectivity index (χ4v) is 4.17. The second-order valence-corrected chi connectivity index (χ2v) is 7.99. The molecule has 1 aromatic carbocycles. The molecule has 116 valence electrons. The number of rotatable bonds is 4. The molecule has 0 radical (unpaired) electrons. The van der Waals surface area contributed by atoms with Gasteiger partial charge in [0.2, 0.25) is 0 Å². The maximum atomic E-state index is 12.0. The molecule has 1 heterocycles. The molecule has 0 amide bonds. The molecule has 0 atom stereocenters.